The average Bonchev–Trinajstić information content (AvgIpc) is 2.87. The first-order valence-corrected chi connectivity index (χ1v) is 7.57. The molecule has 1 heterocycles. The SMILES string of the molecule is CC(CC(=O)N1CCCC1CO)c1ccc(Br)cc1. The molecule has 2 rings (SSSR count). The van der Waals surface area contributed by atoms with Crippen LogP contribution in [0.15, 0.2) is 28.7 Å². The molecular formula is C15H20BrNO2. The minimum Gasteiger partial charge on any atom is -0.394 e. The smallest absolute Gasteiger partial charge is 0.223 e. The zero-order valence-electron chi connectivity index (χ0n) is 11.2. The molecule has 0 aliphatic carbocycles. The number of amides is 1. The average molecular weight is 326 g/mol. The van der Waals surface area contributed by atoms with E-state index < -0.39 is 0 Å². The highest BCUT2D eigenvalue weighted by Gasteiger charge is 2.28. The van der Waals surface area contributed by atoms with Crippen molar-refractivity contribution in [1.29, 1.82) is 0 Å². The van der Waals surface area contributed by atoms with E-state index in [0.717, 1.165) is 23.9 Å². The molecule has 1 saturated heterocycles. The van der Waals surface area contributed by atoms with Crippen molar-refractivity contribution in [2.24, 2.45) is 0 Å². The molecule has 0 spiro atoms. The summed E-state index contributed by atoms with van der Waals surface area (Å²) in [5.74, 6) is 0.368. The summed E-state index contributed by atoms with van der Waals surface area (Å²) in [7, 11) is 0. The Kier molecular flexibility index (Phi) is 4.99. The van der Waals surface area contributed by atoms with Gasteiger partial charge in [0.25, 0.3) is 0 Å². The van der Waals surface area contributed by atoms with Crippen LogP contribution in [0.2, 0.25) is 0 Å². The van der Waals surface area contributed by atoms with Crippen LogP contribution in [0.25, 0.3) is 0 Å². The topological polar surface area (TPSA) is 40.5 Å². The van der Waals surface area contributed by atoms with E-state index in [9.17, 15) is 9.90 Å². The van der Waals surface area contributed by atoms with Gasteiger partial charge in [-0.1, -0.05) is 35.0 Å². The Morgan fingerprint density at radius 1 is 1.47 bits per heavy atom. The van der Waals surface area contributed by atoms with E-state index in [-0.39, 0.29) is 24.5 Å². The number of benzene rings is 1. The lowest BCUT2D eigenvalue weighted by atomic mass is 9.97. The van der Waals surface area contributed by atoms with Crippen LogP contribution < -0.4 is 0 Å². The highest BCUT2D eigenvalue weighted by molar-refractivity contribution is 9.10. The van der Waals surface area contributed by atoms with Gasteiger partial charge in [-0.2, -0.15) is 0 Å². The molecule has 0 radical (unpaired) electrons. The summed E-state index contributed by atoms with van der Waals surface area (Å²) in [6.07, 6.45) is 2.44. The maximum atomic E-state index is 12.3. The van der Waals surface area contributed by atoms with Gasteiger partial charge in [-0.05, 0) is 36.5 Å². The first-order chi connectivity index (χ1) is 9.11. The van der Waals surface area contributed by atoms with Gasteiger partial charge in [-0.25, -0.2) is 0 Å². The number of hydrogen-bond donors (Lipinski definition) is 1. The third kappa shape index (κ3) is 3.57. The summed E-state index contributed by atoms with van der Waals surface area (Å²) >= 11 is 3.41. The number of aliphatic hydroxyl groups excluding tert-OH is 1. The maximum absolute atomic E-state index is 12.3. The molecular weight excluding hydrogens is 306 g/mol. The number of carbonyl (C=O) groups excluding carboxylic acids is 1. The number of aliphatic hydroxyl groups is 1. The van der Waals surface area contributed by atoms with Gasteiger partial charge in [0.1, 0.15) is 0 Å². The summed E-state index contributed by atoms with van der Waals surface area (Å²) in [6.45, 7) is 2.95. The molecule has 1 N–H and O–H groups in total. The van der Waals surface area contributed by atoms with Gasteiger partial charge in [0, 0.05) is 17.4 Å². The van der Waals surface area contributed by atoms with Crippen molar-refractivity contribution in [3.05, 3.63) is 34.3 Å². The van der Waals surface area contributed by atoms with Crippen molar-refractivity contribution in [1.82, 2.24) is 4.90 Å². The summed E-state index contributed by atoms with van der Waals surface area (Å²) in [4.78, 5) is 14.1. The van der Waals surface area contributed by atoms with Crippen molar-refractivity contribution in [3.8, 4) is 0 Å². The quantitative estimate of drug-likeness (QED) is 0.924. The predicted octanol–water partition coefficient (Wildman–Crippen LogP) is 2.93. The number of rotatable bonds is 4. The lowest BCUT2D eigenvalue weighted by Crippen LogP contribution is -2.38. The van der Waals surface area contributed by atoms with E-state index in [0.29, 0.717) is 6.42 Å². The largest absolute Gasteiger partial charge is 0.394 e. The molecule has 0 bridgehead atoms. The number of hydrogen-bond acceptors (Lipinski definition) is 2. The minimum absolute atomic E-state index is 0.0321. The lowest BCUT2D eigenvalue weighted by Gasteiger charge is -2.24. The van der Waals surface area contributed by atoms with Crippen molar-refractivity contribution >= 4 is 21.8 Å². The number of carbonyl (C=O) groups is 1. The molecule has 4 heteroatoms. The summed E-state index contributed by atoms with van der Waals surface area (Å²) in [5.41, 5.74) is 1.18. The summed E-state index contributed by atoms with van der Waals surface area (Å²) in [6, 6.07) is 8.14. The lowest BCUT2D eigenvalue weighted by molar-refractivity contribution is -0.133. The highest BCUT2D eigenvalue weighted by atomic mass is 79.9. The van der Waals surface area contributed by atoms with Crippen molar-refractivity contribution < 1.29 is 9.90 Å². The first-order valence-electron chi connectivity index (χ1n) is 6.77. The van der Waals surface area contributed by atoms with E-state index >= 15 is 0 Å². The van der Waals surface area contributed by atoms with Crippen LogP contribution in [-0.2, 0) is 4.79 Å². The Bertz CT molecular complexity index is 432. The highest BCUT2D eigenvalue weighted by Crippen LogP contribution is 2.25. The van der Waals surface area contributed by atoms with Gasteiger partial charge in [0.05, 0.1) is 12.6 Å². The Labute approximate surface area is 122 Å². The number of halogens is 1. The Morgan fingerprint density at radius 2 is 2.16 bits per heavy atom. The van der Waals surface area contributed by atoms with E-state index in [4.69, 9.17) is 0 Å². The van der Waals surface area contributed by atoms with Gasteiger partial charge in [0.15, 0.2) is 0 Å². The third-order valence-corrected chi connectivity index (χ3v) is 4.36. The van der Waals surface area contributed by atoms with E-state index in [1.54, 1.807) is 0 Å². The second-order valence-electron chi connectivity index (χ2n) is 5.22. The molecule has 2 unspecified atom stereocenters. The molecule has 0 saturated carbocycles. The molecule has 1 fully saturated rings. The fourth-order valence-corrected chi connectivity index (χ4v) is 2.91. The van der Waals surface area contributed by atoms with E-state index in [2.05, 4.69) is 35.0 Å². The fourth-order valence-electron chi connectivity index (χ4n) is 2.64. The molecule has 1 amide bonds. The molecule has 1 aliphatic rings. The van der Waals surface area contributed by atoms with Gasteiger partial charge in [0.2, 0.25) is 5.91 Å². The number of nitrogens with zero attached hydrogens (tertiary/aromatic N) is 1. The molecule has 0 aromatic heterocycles. The molecule has 1 aliphatic heterocycles. The van der Waals surface area contributed by atoms with E-state index in [1.165, 1.54) is 5.56 Å². The van der Waals surface area contributed by atoms with Gasteiger partial charge in [-0.15, -0.1) is 0 Å². The van der Waals surface area contributed by atoms with Crippen LogP contribution in [0.1, 0.15) is 37.7 Å². The van der Waals surface area contributed by atoms with Crippen molar-refractivity contribution in [2.45, 2.75) is 38.1 Å². The third-order valence-electron chi connectivity index (χ3n) is 3.83. The summed E-state index contributed by atoms with van der Waals surface area (Å²) in [5, 5.41) is 9.27. The first kappa shape index (κ1) is 14.5. The van der Waals surface area contributed by atoms with Crippen LogP contribution in [-0.4, -0.2) is 35.1 Å². The molecule has 19 heavy (non-hydrogen) atoms. The zero-order chi connectivity index (χ0) is 13.8. The van der Waals surface area contributed by atoms with Crippen molar-refractivity contribution in [2.75, 3.05) is 13.2 Å². The number of likely N-dealkylation sites (tertiary alicyclic amines) is 1. The van der Waals surface area contributed by atoms with Crippen LogP contribution in [0.5, 0.6) is 0 Å². The zero-order valence-corrected chi connectivity index (χ0v) is 12.8. The van der Waals surface area contributed by atoms with Crippen LogP contribution >= 0.6 is 15.9 Å². The monoisotopic (exact) mass is 325 g/mol. The Hall–Kier alpha value is -0.870. The van der Waals surface area contributed by atoms with Crippen LogP contribution in [0.4, 0.5) is 0 Å². The van der Waals surface area contributed by atoms with E-state index in [1.807, 2.05) is 17.0 Å². The van der Waals surface area contributed by atoms with Gasteiger partial charge < -0.3 is 10.0 Å². The Morgan fingerprint density at radius 3 is 2.79 bits per heavy atom. The van der Waals surface area contributed by atoms with Gasteiger partial charge in [-0.3, -0.25) is 4.79 Å². The van der Waals surface area contributed by atoms with Gasteiger partial charge >= 0.3 is 0 Å². The Balaban J connectivity index is 1.96. The van der Waals surface area contributed by atoms with Crippen LogP contribution in [0.3, 0.4) is 0 Å². The van der Waals surface area contributed by atoms with Crippen LogP contribution in [0, 0.1) is 0 Å². The second-order valence-corrected chi connectivity index (χ2v) is 6.14. The normalized spacial score (nSPS) is 20.6. The second kappa shape index (κ2) is 6.53. The van der Waals surface area contributed by atoms with Crippen molar-refractivity contribution in [3.63, 3.8) is 0 Å². The predicted molar refractivity (Wildman–Crippen MR) is 79.0 cm³/mol. The standard InChI is InChI=1S/C15H20BrNO2/c1-11(12-4-6-13(16)7-5-12)9-15(19)17-8-2-3-14(17)10-18/h4-7,11,14,18H,2-3,8-10H2,1H3. The minimum atomic E-state index is 0.0321. The molecule has 1 aromatic carbocycles. The molecule has 3 nitrogen and oxygen atoms in total. The molecule has 104 valence electrons. The molecule has 2 atom stereocenters. The molecule has 1 aromatic rings. The summed E-state index contributed by atoms with van der Waals surface area (Å²) < 4.78 is 1.05. The fraction of sp³-hybridized carbons (Fsp3) is 0.533. The maximum Gasteiger partial charge on any atom is 0.223 e.